The van der Waals surface area contributed by atoms with Crippen LogP contribution in [0.2, 0.25) is 0 Å². The Morgan fingerprint density at radius 3 is 2.67 bits per heavy atom. The standard InChI is InChI=1S/C14H22N2O4S/c1-3-15-9-14(8-13(15)10-17)21(18,19)16-6-4-12(5-7-16)11-20-2/h4,8-9,17H,3,5-7,10-11H2,1-2H3. The Morgan fingerprint density at radius 1 is 1.43 bits per heavy atom. The van der Waals surface area contributed by atoms with Crippen LogP contribution in [0.25, 0.3) is 0 Å². The maximum absolute atomic E-state index is 12.6. The van der Waals surface area contributed by atoms with Gasteiger partial charge in [-0.05, 0) is 25.0 Å². The number of ether oxygens (including phenoxy) is 1. The van der Waals surface area contributed by atoms with Crippen molar-refractivity contribution in [3.8, 4) is 0 Å². The van der Waals surface area contributed by atoms with Crippen LogP contribution in [0.4, 0.5) is 0 Å². The number of nitrogens with zero attached hydrogens (tertiary/aromatic N) is 2. The van der Waals surface area contributed by atoms with Gasteiger partial charge in [0.05, 0.1) is 13.2 Å². The minimum Gasteiger partial charge on any atom is -0.390 e. The smallest absolute Gasteiger partial charge is 0.244 e. The van der Waals surface area contributed by atoms with E-state index in [1.54, 1.807) is 23.9 Å². The van der Waals surface area contributed by atoms with E-state index in [0.717, 1.165) is 5.57 Å². The highest BCUT2D eigenvalue weighted by molar-refractivity contribution is 7.89. The van der Waals surface area contributed by atoms with Crippen molar-refractivity contribution >= 4 is 10.0 Å². The predicted molar refractivity (Wildman–Crippen MR) is 79.4 cm³/mol. The van der Waals surface area contributed by atoms with Gasteiger partial charge in [-0.1, -0.05) is 6.08 Å². The van der Waals surface area contributed by atoms with Crippen LogP contribution in [-0.4, -0.2) is 49.2 Å². The van der Waals surface area contributed by atoms with E-state index in [1.807, 2.05) is 13.0 Å². The number of hydrogen-bond acceptors (Lipinski definition) is 4. The van der Waals surface area contributed by atoms with Crippen LogP contribution in [0.15, 0.2) is 28.8 Å². The van der Waals surface area contributed by atoms with E-state index < -0.39 is 10.0 Å². The second kappa shape index (κ2) is 6.74. The lowest BCUT2D eigenvalue weighted by Crippen LogP contribution is -2.35. The number of rotatable bonds is 6. The highest BCUT2D eigenvalue weighted by Crippen LogP contribution is 2.22. The zero-order valence-electron chi connectivity index (χ0n) is 12.4. The summed E-state index contributed by atoms with van der Waals surface area (Å²) in [5.41, 5.74) is 1.75. The molecule has 0 aliphatic carbocycles. The molecule has 0 radical (unpaired) electrons. The first-order chi connectivity index (χ1) is 10.0. The molecule has 1 N–H and O–H groups in total. The SMILES string of the molecule is CCn1cc(S(=O)(=O)N2CC=C(COC)CC2)cc1CO. The van der Waals surface area contributed by atoms with Crippen molar-refractivity contribution in [1.82, 2.24) is 8.87 Å². The lowest BCUT2D eigenvalue weighted by atomic mass is 10.1. The molecule has 0 fully saturated rings. The summed E-state index contributed by atoms with van der Waals surface area (Å²) in [5.74, 6) is 0. The lowest BCUT2D eigenvalue weighted by Gasteiger charge is -2.25. The first-order valence-corrected chi connectivity index (χ1v) is 8.43. The molecule has 1 aromatic rings. The molecule has 0 spiro atoms. The highest BCUT2D eigenvalue weighted by atomic mass is 32.2. The van der Waals surface area contributed by atoms with E-state index in [-0.39, 0.29) is 11.5 Å². The molecule has 21 heavy (non-hydrogen) atoms. The topological polar surface area (TPSA) is 71.8 Å². The summed E-state index contributed by atoms with van der Waals surface area (Å²) < 4.78 is 33.5. The molecule has 1 aromatic heterocycles. The fourth-order valence-corrected chi connectivity index (χ4v) is 3.92. The molecule has 2 heterocycles. The van der Waals surface area contributed by atoms with E-state index in [0.29, 0.717) is 38.4 Å². The fourth-order valence-electron chi connectivity index (χ4n) is 2.47. The van der Waals surface area contributed by atoms with Crippen molar-refractivity contribution in [2.75, 3.05) is 26.8 Å². The molecule has 2 rings (SSSR count). The third-order valence-corrected chi connectivity index (χ3v) is 5.53. The van der Waals surface area contributed by atoms with Gasteiger partial charge in [0.25, 0.3) is 0 Å². The van der Waals surface area contributed by atoms with E-state index in [1.165, 1.54) is 4.31 Å². The van der Waals surface area contributed by atoms with Gasteiger partial charge in [0.2, 0.25) is 10.0 Å². The highest BCUT2D eigenvalue weighted by Gasteiger charge is 2.27. The molecular formula is C14H22N2O4S. The van der Waals surface area contributed by atoms with Crippen LogP contribution in [0.5, 0.6) is 0 Å². The van der Waals surface area contributed by atoms with Crippen molar-refractivity contribution < 1.29 is 18.3 Å². The molecule has 7 heteroatoms. The summed E-state index contributed by atoms with van der Waals surface area (Å²) in [6, 6.07) is 1.55. The van der Waals surface area contributed by atoms with E-state index in [9.17, 15) is 13.5 Å². The number of hydrogen-bond donors (Lipinski definition) is 1. The average molecular weight is 314 g/mol. The molecule has 0 saturated heterocycles. The largest absolute Gasteiger partial charge is 0.390 e. The normalized spacial score (nSPS) is 17.0. The Kier molecular flexibility index (Phi) is 5.21. The Bertz CT molecular complexity index is 597. The molecule has 1 aliphatic heterocycles. The first kappa shape index (κ1) is 16.2. The second-order valence-electron chi connectivity index (χ2n) is 5.02. The van der Waals surface area contributed by atoms with Gasteiger partial charge in [0.1, 0.15) is 4.90 Å². The maximum Gasteiger partial charge on any atom is 0.244 e. The van der Waals surface area contributed by atoms with Gasteiger partial charge in [-0.25, -0.2) is 8.42 Å². The summed E-state index contributed by atoms with van der Waals surface area (Å²) in [6.45, 7) is 3.76. The Labute approximate surface area is 125 Å². The minimum atomic E-state index is -3.51. The summed E-state index contributed by atoms with van der Waals surface area (Å²) >= 11 is 0. The van der Waals surface area contributed by atoms with Crippen molar-refractivity contribution in [3.63, 3.8) is 0 Å². The summed E-state index contributed by atoms with van der Waals surface area (Å²) in [7, 11) is -1.87. The quantitative estimate of drug-likeness (QED) is 0.794. The van der Waals surface area contributed by atoms with Crippen LogP contribution in [-0.2, 0) is 27.9 Å². The molecule has 118 valence electrons. The molecule has 0 atom stereocenters. The monoisotopic (exact) mass is 314 g/mol. The summed E-state index contributed by atoms with van der Waals surface area (Å²) in [5, 5.41) is 9.28. The molecule has 1 aliphatic rings. The molecule has 6 nitrogen and oxygen atoms in total. The minimum absolute atomic E-state index is 0.165. The van der Waals surface area contributed by atoms with Crippen LogP contribution in [0.1, 0.15) is 19.0 Å². The summed E-state index contributed by atoms with van der Waals surface area (Å²) in [4.78, 5) is 0.247. The van der Waals surface area contributed by atoms with Gasteiger partial charge < -0.3 is 14.4 Å². The first-order valence-electron chi connectivity index (χ1n) is 6.99. The van der Waals surface area contributed by atoms with Crippen molar-refractivity contribution in [3.05, 3.63) is 29.6 Å². The van der Waals surface area contributed by atoms with Crippen LogP contribution in [0.3, 0.4) is 0 Å². The zero-order valence-corrected chi connectivity index (χ0v) is 13.3. The second-order valence-corrected chi connectivity index (χ2v) is 6.96. The maximum atomic E-state index is 12.6. The van der Waals surface area contributed by atoms with E-state index in [4.69, 9.17) is 4.74 Å². The number of aryl methyl sites for hydroxylation is 1. The molecular weight excluding hydrogens is 292 g/mol. The number of aliphatic hydroxyl groups excluding tert-OH is 1. The van der Waals surface area contributed by atoms with Gasteiger partial charge in [0.15, 0.2) is 0 Å². The van der Waals surface area contributed by atoms with Crippen LogP contribution >= 0.6 is 0 Å². The third-order valence-electron chi connectivity index (χ3n) is 3.70. The summed E-state index contributed by atoms with van der Waals surface area (Å²) in [6.07, 6.45) is 4.19. The van der Waals surface area contributed by atoms with Crippen LogP contribution in [0, 0.1) is 0 Å². The predicted octanol–water partition coefficient (Wildman–Crippen LogP) is 0.967. The van der Waals surface area contributed by atoms with Gasteiger partial charge in [-0.2, -0.15) is 4.31 Å². The Hall–Kier alpha value is -1.15. The van der Waals surface area contributed by atoms with E-state index in [2.05, 4.69) is 0 Å². The fraction of sp³-hybridized carbons (Fsp3) is 0.571. The van der Waals surface area contributed by atoms with Gasteiger partial charge >= 0.3 is 0 Å². The Morgan fingerprint density at radius 2 is 2.19 bits per heavy atom. The number of aliphatic hydroxyl groups is 1. The van der Waals surface area contributed by atoms with Crippen molar-refractivity contribution in [2.45, 2.75) is 31.4 Å². The van der Waals surface area contributed by atoms with Crippen LogP contribution < -0.4 is 0 Å². The molecule has 0 bridgehead atoms. The third kappa shape index (κ3) is 3.37. The molecule has 0 unspecified atom stereocenters. The molecule has 0 aromatic carbocycles. The van der Waals surface area contributed by atoms with Gasteiger partial charge in [0, 0.05) is 38.6 Å². The van der Waals surface area contributed by atoms with E-state index >= 15 is 0 Å². The Balaban J connectivity index is 2.21. The van der Waals surface area contributed by atoms with Crippen molar-refractivity contribution in [2.24, 2.45) is 0 Å². The lowest BCUT2D eigenvalue weighted by molar-refractivity contribution is 0.219. The molecule has 0 saturated carbocycles. The molecule has 0 amide bonds. The zero-order chi connectivity index (χ0) is 15.5. The van der Waals surface area contributed by atoms with Crippen molar-refractivity contribution in [1.29, 1.82) is 0 Å². The number of sulfonamides is 1. The number of aromatic nitrogens is 1. The number of methoxy groups -OCH3 is 1. The van der Waals surface area contributed by atoms with Gasteiger partial charge in [-0.3, -0.25) is 0 Å². The average Bonchev–Trinajstić information content (AvgIpc) is 2.92. The van der Waals surface area contributed by atoms with Gasteiger partial charge in [-0.15, -0.1) is 0 Å².